The molecule has 1 fully saturated rings. The second kappa shape index (κ2) is 4.67. The summed E-state index contributed by atoms with van der Waals surface area (Å²) in [7, 11) is 0. The largest absolute Gasteiger partial charge is 0.305 e. The number of nitrogens with zero attached hydrogens (tertiary/aromatic N) is 1. The molecule has 1 N–H and O–H groups in total. The first-order valence-corrected chi connectivity index (χ1v) is 7.78. The Labute approximate surface area is 106 Å². The maximum Gasteiger partial charge on any atom is 0.114 e. The number of thioether (sulfide) groups is 1. The lowest BCUT2D eigenvalue weighted by Gasteiger charge is -2.31. The van der Waals surface area contributed by atoms with Gasteiger partial charge in [-0.3, -0.25) is 0 Å². The summed E-state index contributed by atoms with van der Waals surface area (Å²) in [6, 6.07) is 0. The minimum absolute atomic E-state index is 0.128. The van der Waals surface area contributed by atoms with E-state index < -0.39 is 0 Å². The quantitative estimate of drug-likeness (QED) is 0.899. The third-order valence-corrected chi connectivity index (χ3v) is 6.05. The van der Waals surface area contributed by atoms with E-state index >= 15 is 0 Å². The average molecular weight is 256 g/mol. The molecular formula is C12H20N2S2. The van der Waals surface area contributed by atoms with Crippen molar-refractivity contribution in [1.82, 2.24) is 10.3 Å². The first-order valence-electron chi connectivity index (χ1n) is 5.91. The van der Waals surface area contributed by atoms with Crippen LogP contribution in [-0.2, 0) is 5.54 Å². The van der Waals surface area contributed by atoms with Gasteiger partial charge >= 0.3 is 0 Å². The third-order valence-electron chi connectivity index (χ3n) is 3.46. The van der Waals surface area contributed by atoms with Crippen molar-refractivity contribution in [1.29, 1.82) is 0 Å². The van der Waals surface area contributed by atoms with E-state index in [1.54, 1.807) is 0 Å². The molecule has 1 saturated heterocycles. The third kappa shape index (κ3) is 1.91. The number of thiazole rings is 1. The van der Waals surface area contributed by atoms with E-state index in [-0.39, 0.29) is 5.54 Å². The first kappa shape index (κ1) is 12.4. The maximum absolute atomic E-state index is 4.78. The molecule has 16 heavy (non-hydrogen) atoms. The summed E-state index contributed by atoms with van der Waals surface area (Å²) in [5, 5.41) is 5.61. The molecule has 2 heterocycles. The van der Waals surface area contributed by atoms with Crippen LogP contribution >= 0.6 is 23.1 Å². The summed E-state index contributed by atoms with van der Waals surface area (Å²) in [5.41, 5.74) is 1.32. The molecule has 2 unspecified atom stereocenters. The van der Waals surface area contributed by atoms with E-state index in [1.165, 1.54) is 27.8 Å². The predicted molar refractivity (Wildman–Crippen MR) is 73.5 cm³/mol. The molecule has 2 atom stereocenters. The minimum atomic E-state index is 0.128. The Balaban J connectivity index is 2.39. The van der Waals surface area contributed by atoms with E-state index in [4.69, 9.17) is 4.98 Å². The summed E-state index contributed by atoms with van der Waals surface area (Å²) in [4.78, 5) is 6.13. The van der Waals surface area contributed by atoms with Gasteiger partial charge in [-0.1, -0.05) is 13.8 Å². The van der Waals surface area contributed by atoms with Crippen LogP contribution in [0.5, 0.6) is 0 Å². The fourth-order valence-electron chi connectivity index (χ4n) is 2.31. The van der Waals surface area contributed by atoms with Crippen LogP contribution < -0.4 is 5.32 Å². The minimum Gasteiger partial charge on any atom is -0.305 e. The molecule has 0 radical (unpaired) electrons. The SMILES string of the molecule is CCNC1(c2nc(C)c(C)s2)CCSC1C. The molecule has 1 aliphatic rings. The highest BCUT2D eigenvalue weighted by molar-refractivity contribution is 8.00. The van der Waals surface area contributed by atoms with Crippen molar-refractivity contribution >= 4 is 23.1 Å². The van der Waals surface area contributed by atoms with Crippen LogP contribution in [0.3, 0.4) is 0 Å². The Morgan fingerprint density at radius 2 is 2.25 bits per heavy atom. The highest BCUT2D eigenvalue weighted by atomic mass is 32.2. The van der Waals surface area contributed by atoms with E-state index in [2.05, 4.69) is 44.8 Å². The van der Waals surface area contributed by atoms with Crippen LogP contribution in [0.4, 0.5) is 0 Å². The number of rotatable bonds is 3. The fraction of sp³-hybridized carbons (Fsp3) is 0.750. The molecule has 90 valence electrons. The van der Waals surface area contributed by atoms with Crippen LogP contribution in [0, 0.1) is 13.8 Å². The van der Waals surface area contributed by atoms with E-state index in [0.29, 0.717) is 5.25 Å². The molecule has 1 aliphatic heterocycles. The van der Waals surface area contributed by atoms with Crippen LogP contribution in [0.25, 0.3) is 0 Å². The zero-order valence-corrected chi connectivity index (χ0v) is 12.1. The van der Waals surface area contributed by atoms with Gasteiger partial charge in [0.1, 0.15) is 5.01 Å². The lowest BCUT2D eigenvalue weighted by Crippen LogP contribution is -2.46. The highest BCUT2D eigenvalue weighted by Gasteiger charge is 2.44. The van der Waals surface area contributed by atoms with Crippen LogP contribution in [0.2, 0.25) is 0 Å². The standard InChI is InChI=1S/C12H20N2S2/c1-5-13-12(6-7-15-10(12)4)11-14-8(2)9(3)16-11/h10,13H,5-7H2,1-4H3. The van der Waals surface area contributed by atoms with Crippen molar-refractivity contribution in [3.05, 3.63) is 15.6 Å². The molecule has 2 rings (SSSR count). The van der Waals surface area contributed by atoms with Crippen LogP contribution in [0.1, 0.15) is 35.8 Å². The topological polar surface area (TPSA) is 24.9 Å². The van der Waals surface area contributed by atoms with Gasteiger partial charge < -0.3 is 5.32 Å². The molecule has 0 spiro atoms. The molecule has 1 aromatic rings. The summed E-state index contributed by atoms with van der Waals surface area (Å²) in [6.07, 6.45) is 1.21. The van der Waals surface area contributed by atoms with Crippen molar-refractivity contribution in [2.24, 2.45) is 0 Å². The summed E-state index contributed by atoms with van der Waals surface area (Å²) < 4.78 is 0. The van der Waals surface area contributed by atoms with Crippen molar-refractivity contribution in [2.45, 2.75) is 44.9 Å². The Hall–Kier alpha value is -0.0600. The normalized spacial score (nSPS) is 29.9. The molecular weight excluding hydrogens is 236 g/mol. The zero-order chi connectivity index (χ0) is 11.8. The predicted octanol–water partition coefficient (Wildman–Crippen LogP) is 3.09. The van der Waals surface area contributed by atoms with Gasteiger partial charge in [0.2, 0.25) is 0 Å². The number of nitrogens with one attached hydrogen (secondary N) is 1. The van der Waals surface area contributed by atoms with Gasteiger partial charge in [0.25, 0.3) is 0 Å². The van der Waals surface area contributed by atoms with Crippen molar-refractivity contribution in [3.8, 4) is 0 Å². The molecule has 0 amide bonds. The molecule has 0 aromatic carbocycles. The summed E-state index contributed by atoms with van der Waals surface area (Å²) in [6.45, 7) is 9.81. The summed E-state index contributed by atoms with van der Waals surface area (Å²) >= 11 is 3.93. The Bertz CT molecular complexity index is 356. The molecule has 1 aromatic heterocycles. The monoisotopic (exact) mass is 256 g/mol. The van der Waals surface area contributed by atoms with Gasteiger partial charge in [0.05, 0.1) is 11.2 Å². The lowest BCUT2D eigenvalue weighted by atomic mass is 9.93. The number of aromatic nitrogens is 1. The maximum atomic E-state index is 4.78. The average Bonchev–Trinajstić information content (AvgIpc) is 2.75. The molecule has 2 nitrogen and oxygen atoms in total. The van der Waals surface area contributed by atoms with Gasteiger partial charge in [0, 0.05) is 10.1 Å². The molecule has 0 bridgehead atoms. The Morgan fingerprint density at radius 3 is 2.69 bits per heavy atom. The van der Waals surface area contributed by atoms with E-state index in [1.807, 2.05) is 11.3 Å². The Morgan fingerprint density at radius 1 is 1.50 bits per heavy atom. The van der Waals surface area contributed by atoms with E-state index in [9.17, 15) is 0 Å². The first-order chi connectivity index (χ1) is 7.60. The van der Waals surface area contributed by atoms with Crippen molar-refractivity contribution < 1.29 is 0 Å². The van der Waals surface area contributed by atoms with Crippen molar-refractivity contribution in [2.75, 3.05) is 12.3 Å². The van der Waals surface area contributed by atoms with Gasteiger partial charge in [-0.05, 0) is 32.6 Å². The fourth-order valence-corrected chi connectivity index (χ4v) is 4.97. The van der Waals surface area contributed by atoms with Crippen LogP contribution in [0.15, 0.2) is 0 Å². The Kier molecular flexibility index (Phi) is 3.62. The second-order valence-electron chi connectivity index (χ2n) is 4.43. The lowest BCUT2D eigenvalue weighted by molar-refractivity contribution is 0.341. The van der Waals surface area contributed by atoms with Gasteiger partial charge in [-0.2, -0.15) is 11.8 Å². The van der Waals surface area contributed by atoms with E-state index in [0.717, 1.165) is 6.54 Å². The molecule has 0 saturated carbocycles. The smallest absolute Gasteiger partial charge is 0.114 e. The number of hydrogen-bond acceptors (Lipinski definition) is 4. The van der Waals surface area contributed by atoms with Gasteiger partial charge in [-0.15, -0.1) is 11.3 Å². The molecule has 4 heteroatoms. The number of hydrogen-bond donors (Lipinski definition) is 1. The number of aryl methyl sites for hydroxylation is 2. The zero-order valence-electron chi connectivity index (χ0n) is 10.5. The summed E-state index contributed by atoms with van der Waals surface area (Å²) in [5.74, 6) is 1.24. The van der Waals surface area contributed by atoms with Gasteiger partial charge in [0.15, 0.2) is 0 Å². The molecule has 0 aliphatic carbocycles. The highest BCUT2D eigenvalue weighted by Crippen LogP contribution is 2.44. The van der Waals surface area contributed by atoms with Crippen molar-refractivity contribution in [3.63, 3.8) is 0 Å². The van der Waals surface area contributed by atoms with Crippen LogP contribution in [-0.4, -0.2) is 22.5 Å². The second-order valence-corrected chi connectivity index (χ2v) is 7.08. The van der Waals surface area contributed by atoms with Gasteiger partial charge in [-0.25, -0.2) is 4.98 Å².